The summed E-state index contributed by atoms with van der Waals surface area (Å²) in [7, 11) is 0. The van der Waals surface area contributed by atoms with E-state index in [9.17, 15) is 0 Å². The molecule has 0 atom stereocenters. The Bertz CT molecular complexity index is 408. The van der Waals surface area contributed by atoms with Gasteiger partial charge in [0.2, 0.25) is 0 Å². The van der Waals surface area contributed by atoms with Crippen LogP contribution in [0.1, 0.15) is 24.8 Å². The molecule has 0 aromatic heterocycles. The first-order valence-corrected chi connectivity index (χ1v) is 9.43. The number of nitrogens with one attached hydrogen (secondary N) is 1. The smallest absolute Gasteiger partial charge is 0.107 e. The summed E-state index contributed by atoms with van der Waals surface area (Å²) in [5.74, 6) is 1.25. The molecule has 5 heteroatoms. The lowest BCUT2D eigenvalue weighted by Crippen LogP contribution is -2.15. The molecular formula is C14H22N2S3. The molecule has 0 aliphatic heterocycles. The van der Waals surface area contributed by atoms with Crippen molar-refractivity contribution in [3.63, 3.8) is 0 Å². The van der Waals surface area contributed by atoms with E-state index in [2.05, 4.69) is 23.7 Å². The van der Waals surface area contributed by atoms with Gasteiger partial charge in [0.25, 0.3) is 0 Å². The zero-order valence-electron chi connectivity index (χ0n) is 11.6. The molecule has 0 amide bonds. The Morgan fingerprint density at radius 2 is 2.05 bits per heavy atom. The fourth-order valence-corrected chi connectivity index (χ4v) is 3.29. The monoisotopic (exact) mass is 314 g/mol. The molecule has 1 aromatic carbocycles. The number of benzene rings is 1. The number of unbranched alkanes of at least 4 members (excludes halogenated alkanes) is 2. The highest BCUT2D eigenvalue weighted by Gasteiger charge is 2.09. The van der Waals surface area contributed by atoms with Gasteiger partial charge in [-0.2, -0.15) is 11.8 Å². The number of hydrogen-bond donors (Lipinski definition) is 2. The molecule has 0 aliphatic rings. The molecule has 1 rings (SSSR count). The molecule has 1 aromatic rings. The molecule has 0 saturated carbocycles. The second kappa shape index (κ2) is 9.50. The molecule has 0 aliphatic carbocycles. The van der Waals surface area contributed by atoms with Crippen LogP contribution >= 0.6 is 35.7 Å². The largest absolute Gasteiger partial charge is 0.389 e. The van der Waals surface area contributed by atoms with E-state index in [-0.39, 0.29) is 0 Å². The van der Waals surface area contributed by atoms with Crippen molar-refractivity contribution in [2.75, 3.05) is 30.1 Å². The van der Waals surface area contributed by atoms with E-state index in [0.717, 1.165) is 22.7 Å². The summed E-state index contributed by atoms with van der Waals surface area (Å²) >= 11 is 8.75. The molecule has 0 bridgehead atoms. The average molecular weight is 315 g/mol. The Kier molecular flexibility index (Phi) is 8.34. The normalized spacial score (nSPS) is 10.4. The molecule has 19 heavy (non-hydrogen) atoms. The van der Waals surface area contributed by atoms with Crippen molar-refractivity contribution in [2.24, 2.45) is 5.73 Å². The summed E-state index contributed by atoms with van der Waals surface area (Å²) in [5, 5.41) is 3.46. The number of hydrogen-bond acceptors (Lipinski definition) is 4. The Balaban J connectivity index is 2.55. The lowest BCUT2D eigenvalue weighted by Gasteiger charge is -2.14. The van der Waals surface area contributed by atoms with Gasteiger partial charge in [-0.1, -0.05) is 24.7 Å². The van der Waals surface area contributed by atoms with Crippen LogP contribution in [-0.4, -0.2) is 29.8 Å². The van der Waals surface area contributed by atoms with Gasteiger partial charge in [-0.05, 0) is 43.2 Å². The first-order valence-electron chi connectivity index (χ1n) is 6.40. The second-order valence-electron chi connectivity index (χ2n) is 4.23. The van der Waals surface area contributed by atoms with E-state index in [4.69, 9.17) is 18.0 Å². The molecule has 0 fully saturated rings. The third-order valence-electron chi connectivity index (χ3n) is 2.83. The van der Waals surface area contributed by atoms with Gasteiger partial charge in [-0.25, -0.2) is 0 Å². The second-order valence-corrected chi connectivity index (χ2v) is 6.50. The van der Waals surface area contributed by atoms with Gasteiger partial charge in [0.05, 0.1) is 0 Å². The summed E-state index contributed by atoms with van der Waals surface area (Å²) in [6, 6.07) is 6.16. The highest BCUT2D eigenvalue weighted by atomic mass is 32.2. The van der Waals surface area contributed by atoms with Crippen molar-refractivity contribution in [3.05, 3.63) is 23.8 Å². The molecule has 3 N–H and O–H groups in total. The molecular weight excluding hydrogens is 292 g/mol. The Morgan fingerprint density at radius 3 is 2.68 bits per heavy atom. The topological polar surface area (TPSA) is 38.0 Å². The SMILES string of the molecule is CSCCCCCNc1cccc(SC)c1C(N)=S. The van der Waals surface area contributed by atoms with Gasteiger partial charge < -0.3 is 11.1 Å². The number of thiocarbonyl (C=S) groups is 1. The van der Waals surface area contributed by atoms with Crippen LogP contribution in [-0.2, 0) is 0 Å². The van der Waals surface area contributed by atoms with Crippen molar-refractivity contribution in [1.82, 2.24) is 0 Å². The Labute approximate surface area is 130 Å². The van der Waals surface area contributed by atoms with Gasteiger partial charge in [-0.3, -0.25) is 0 Å². The van der Waals surface area contributed by atoms with Crippen LogP contribution in [0.4, 0.5) is 5.69 Å². The quantitative estimate of drug-likeness (QED) is 0.409. The van der Waals surface area contributed by atoms with Gasteiger partial charge in [-0.15, -0.1) is 11.8 Å². The van der Waals surface area contributed by atoms with E-state index < -0.39 is 0 Å². The van der Waals surface area contributed by atoms with Crippen LogP contribution in [0.2, 0.25) is 0 Å². The van der Waals surface area contributed by atoms with Gasteiger partial charge in [0, 0.05) is 22.7 Å². The summed E-state index contributed by atoms with van der Waals surface area (Å²) in [6.45, 7) is 0.974. The van der Waals surface area contributed by atoms with Crippen molar-refractivity contribution >= 4 is 46.4 Å². The van der Waals surface area contributed by atoms with Crippen molar-refractivity contribution in [3.8, 4) is 0 Å². The molecule has 0 heterocycles. The van der Waals surface area contributed by atoms with Crippen molar-refractivity contribution in [2.45, 2.75) is 24.2 Å². The van der Waals surface area contributed by atoms with Gasteiger partial charge in [0.1, 0.15) is 4.99 Å². The van der Waals surface area contributed by atoms with Crippen molar-refractivity contribution < 1.29 is 0 Å². The first-order chi connectivity index (χ1) is 9.20. The Morgan fingerprint density at radius 1 is 1.26 bits per heavy atom. The highest BCUT2D eigenvalue weighted by molar-refractivity contribution is 7.98. The van der Waals surface area contributed by atoms with Crippen LogP contribution in [0.5, 0.6) is 0 Å². The molecule has 106 valence electrons. The predicted molar refractivity (Wildman–Crippen MR) is 94.8 cm³/mol. The molecule has 0 unspecified atom stereocenters. The van der Waals surface area contributed by atoms with Crippen LogP contribution in [0.3, 0.4) is 0 Å². The lowest BCUT2D eigenvalue weighted by molar-refractivity contribution is 0.749. The zero-order valence-corrected chi connectivity index (χ0v) is 14.0. The maximum Gasteiger partial charge on any atom is 0.107 e. The standard InChI is InChI=1S/C14H22N2S3/c1-18-10-5-3-4-9-16-11-7-6-8-12(19-2)13(11)14(15)17/h6-8,16H,3-5,9-10H2,1-2H3,(H2,15,17). The maximum absolute atomic E-state index is 5.84. The number of rotatable bonds is 9. The number of anilines is 1. The Hall–Kier alpha value is -0.390. The molecule has 0 saturated heterocycles. The third kappa shape index (κ3) is 5.63. The van der Waals surface area contributed by atoms with E-state index in [1.54, 1.807) is 11.8 Å². The zero-order chi connectivity index (χ0) is 14.1. The summed E-state index contributed by atoms with van der Waals surface area (Å²) in [6.07, 6.45) is 7.93. The molecule has 2 nitrogen and oxygen atoms in total. The highest BCUT2D eigenvalue weighted by Crippen LogP contribution is 2.27. The van der Waals surface area contributed by atoms with E-state index in [1.165, 1.54) is 25.0 Å². The van der Waals surface area contributed by atoms with Crippen LogP contribution < -0.4 is 11.1 Å². The third-order valence-corrected chi connectivity index (χ3v) is 4.51. The fraction of sp³-hybridized carbons (Fsp3) is 0.500. The minimum absolute atomic E-state index is 0.467. The van der Waals surface area contributed by atoms with Crippen molar-refractivity contribution in [1.29, 1.82) is 0 Å². The maximum atomic E-state index is 5.84. The summed E-state index contributed by atoms with van der Waals surface area (Å²) in [5.41, 5.74) is 7.88. The molecule has 0 spiro atoms. The van der Waals surface area contributed by atoms with Crippen LogP contribution in [0.25, 0.3) is 0 Å². The number of thioether (sulfide) groups is 2. The summed E-state index contributed by atoms with van der Waals surface area (Å²) in [4.78, 5) is 1.61. The van der Waals surface area contributed by atoms with Gasteiger partial charge >= 0.3 is 0 Å². The fourth-order valence-electron chi connectivity index (χ4n) is 1.87. The van der Waals surface area contributed by atoms with Crippen LogP contribution in [0.15, 0.2) is 23.1 Å². The first kappa shape index (κ1) is 16.7. The predicted octanol–water partition coefficient (Wildman–Crippen LogP) is 3.99. The van der Waals surface area contributed by atoms with E-state index >= 15 is 0 Å². The van der Waals surface area contributed by atoms with E-state index in [1.807, 2.05) is 24.1 Å². The number of nitrogens with two attached hydrogens (primary N) is 1. The lowest BCUT2D eigenvalue weighted by atomic mass is 10.1. The van der Waals surface area contributed by atoms with Crippen LogP contribution in [0, 0.1) is 0 Å². The van der Waals surface area contributed by atoms with Gasteiger partial charge in [0.15, 0.2) is 0 Å². The molecule has 0 radical (unpaired) electrons. The minimum atomic E-state index is 0.467. The average Bonchev–Trinajstić information content (AvgIpc) is 2.42. The van der Waals surface area contributed by atoms with E-state index in [0.29, 0.717) is 4.99 Å². The summed E-state index contributed by atoms with van der Waals surface area (Å²) < 4.78 is 0. The minimum Gasteiger partial charge on any atom is -0.389 e.